The maximum absolute atomic E-state index is 12.4. The van der Waals surface area contributed by atoms with Gasteiger partial charge in [-0.05, 0) is 41.0 Å². The first-order chi connectivity index (χ1) is 13.6. The average molecular weight is 389 g/mol. The molecule has 0 fully saturated rings. The Hall–Kier alpha value is -3.38. The maximum atomic E-state index is 12.4. The molecule has 6 heteroatoms. The molecule has 3 aromatic carbocycles. The second kappa shape index (κ2) is 7.70. The molecule has 0 saturated heterocycles. The highest BCUT2D eigenvalue weighted by molar-refractivity contribution is 7.80. The van der Waals surface area contributed by atoms with Gasteiger partial charge in [0.25, 0.3) is 0 Å². The Bertz CT molecular complexity index is 988. The number of nitrogens with one attached hydrogen (secondary N) is 2. The van der Waals surface area contributed by atoms with Gasteiger partial charge in [-0.15, -0.1) is 0 Å². The van der Waals surface area contributed by atoms with Crippen molar-refractivity contribution in [3.05, 3.63) is 89.5 Å². The van der Waals surface area contributed by atoms with Gasteiger partial charge >= 0.3 is 6.09 Å². The van der Waals surface area contributed by atoms with E-state index in [0.29, 0.717) is 6.54 Å². The Labute approximate surface area is 168 Å². The van der Waals surface area contributed by atoms with E-state index in [2.05, 4.69) is 22.8 Å². The normalized spacial score (nSPS) is 12.0. The lowest BCUT2D eigenvalue weighted by molar-refractivity contribution is 0.118. The summed E-state index contributed by atoms with van der Waals surface area (Å²) in [5.41, 5.74) is 11.4. The topological polar surface area (TPSA) is 76.4 Å². The summed E-state index contributed by atoms with van der Waals surface area (Å²) in [6.45, 7) is 0.363. The SMILES string of the molecule is NC(=S)Nc1ccc(CNC(=O)OC2c3ccccc3-c3ccccc32)cc1. The third-order valence-electron chi connectivity index (χ3n) is 4.66. The highest BCUT2D eigenvalue weighted by atomic mass is 32.1. The van der Waals surface area contributed by atoms with E-state index < -0.39 is 12.2 Å². The minimum atomic E-state index is -0.457. The lowest BCUT2D eigenvalue weighted by atomic mass is 10.1. The van der Waals surface area contributed by atoms with Gasteiger partial charge in [-0.2, -0.15) is 0 Å². The Morgan fingerprint density at radius 2 is 1.50 bits per heavy atom. The van der Waals surface area contributed by atoms with Crippen LogP contribution in [0.25, 0.3) is 11.1 Å². The van der Waals surface area contributed by atoms with Crippen molar-refractivity contribution in [2.75, 3.05) is 5.32 Å². The number of amides is 1. The zero-order chi connectivity index (χ0) is 19.5. The average Bonchev–Trinajstić information content (AvgIpc) is 3.01. The number of alkyl carbamates (subject to hydrolysis) is 1. The van der Waals surface area contributed by atoms with Gasteiger partial charge in [-0.25, -0.2) is 4.79 Å². The Morgan fingerprint density at radius 3 is 2.07 bits per heavy atom. The smallest absolute Gasteiger partial charge is 0.408 e. The highest BCUT2D eigenvalue weighted by Gasteiger charge is 2.30. The molecule has 5 nitrogen and oxygen atoms in total. The number of benzene rings is 3. The van der Waals surface area contributed by atoms with Crippen molar-refractivity contribution in [1.82, 2.24) is 5.32 Å². The first kappa shape index (κ1) is 18.0. The van der Waals surface area contributed by atoms with Crippen LogP contribution in [0.15, 0.2) is 72.8 Å². The molecule has 0 atom stereocenters. The number of nitrogens with two attached hydrogens (primary N) is 1. The third-order valence-corrected chi connectivity index (χ3v) is 4.76. The second-order valence-electron chi connectivity index (χ2n) is 6.50. The molecule has 1 aliphatic carbocycles. The summed E-state index contributed by atoms with van der Waals surface area (Å²) in [7, 11) is 0. The van der Waals surface area contributed by atoms with Gasteiger partial charge < -0.3 is 21.1 Å². The van der Waals surface area contributed by atoms with Gasteiger partial charge in [0.2, 0.25) is 0 Å². The molecule has 0 saturated carbocycles. The van der Waals surface area contributed by atoms with E-state index in [-0.39, 0.29) is 5.11 Å². The van der Waals surface area contributed by atoms with Crippen LogP contribution in [0.5, 0.6) is 0 Å². The quantitative estimate of drug-likeness (QED) is 0.579. The van der Waals surface area contributed by atoms with E-state index in [4.69, 9.17) is 22.7 Å². The van der Waals surface area contributed by atoms with Crippen molar-refractivity contribution in [2.24, 2.45) is 5.73 Å². The Balaban J connectivity index is 1.42. The molecule has 28 heavy (non-hydrogen) atoms. The first-order valence-corrected chi connectivity index (χ1v) is 9.31. The molecule has 0 spiro atoms. The van der Waals surface area contributed by atoms with Crippen LogP contribution in [0, 0.1) is 0 Å². The molecule has 4 N–H and O–H groups in total. The van der Waals surface area contributed by atoms with Crippen LogP contribution in [-0.2, 0) is 11.3 Å². The molecule has 3 aromatic rings. The highest BCUT2D eigenvalue weighted by Crippen LogP contribution is 2.44. The van der Waals surface area contributed by atoms with Gasteiger partial charge in [0.15, 0.2) is 11.2 Å². The molecule has 4 rings (SSSR count). The molecule has 0 unspecified atom stereocenters. The predicted octanol–water partition coefficient (Wildman–Crippen LogP) is 4.34. The Morgan fingerprint density at radius 1 is 0.929 bits per heavy atom. The van der Waals surface area contributed by atoms with Crippen LogP contribution >= 0.6 is 12.2 Å². The van der Waals surface area contributed by atoms with E-state index >= 15 is 0 Å². The zero-order valence-electron chi connectivity index (χ0n) is 15.0. The molecule has 0 heterocycles. The number of hydrogen-bond donors (Lipinski definition) is 3. The van der Waals surface area contributed by atoms with Crippen molar-refractivity contribution in [3.8, 4) is 11.1 Å². The van der Waals surface area contributed by atoms with Gasteiger partial charge in [0.1, 0.15) is 0 Å². The summed E-state index contributed by atoms with van der Waals surface area (Å²) in [6.07, 6.45) is -0.855. The monoisotopic (exact) mass is 389 g/mol. The van der Waals surface area contributed by atoms with Crippen LogP contribution in [0.4, 0.5) is 10.5 Å². The van der Waals surface area contributed by atoms with E-state index in [0.717, 1.165) is 33.5 Å². The lowest BCUT2D eigenvalue weighted by Gasteiger charge is -2.15. The molecule has 0 aliphatic heterocycles. The number of carbonyl (C=O) groups is 1. The van der Waals surface area contributed by atoms with Crippen molar-refractivity contribution >= 4 is 29.1 Å². The standard InChI is InChI=1S/C22H19N3O2S/c23-21(28)25-15-11-9-14(10-12-15)13-24-22(26)27-20-18-7-3-1-5-16(18)17-6-2-4-8-19(17)20/h1-12,20H,13H2,(H,24,26)(H3,23,25,28). The summed E-state index contributed by atoms with van der Waals surface area (Å²) >= 11 is 4.81. The summed E-state index contributed by atoms with van der Waals surface area (Å²) in [5.74, 6) is 0. The molecule has 1 aliphatic rings. The van der Waals surface area contributed by atoms with E-state index in [1.807, 2.05) is 60.7 Å². The van der Waals surface area contributed by atoms with Crippen molar-refractivity contribution in [2.45, 2.75) is 12.6 Å². The Kier molecular flexibility index (Phi) is 4.95. The number of thiocarbonyl (C=S) groups is 1. The molecule has 0 aromatic heterocycles. The minimum Gasteiger partial charge on any atom is -0.436 e. The van der Waals surface area contributed by atoms with E-state index in [1.54, 1.807) is 0 Å². The summed E-state index contributed by atoms with van der Waals surface area (Å²) < 4.78 is 5.77. The first-order valence-electron chi connectivity index (χ1n) is 8.90. The summed E-state index contributed by atoms with van der Waals surface area (Å²) in [5, 5.41) is 5.89. The van der Waals surface area contributed by atoms with E-state index in [9.17, 15) is 4.79 Å². The van der Waals surface area contributed by atoms with Crippen LogP contribution in [0.1, 0.15) is 22.8 Å². The fraction of sp³-hybridized carbons (Fsp3) is 0.0909. The molecule has 1 amide bonds. The fourth-order valence-electron chi connectivity index (χ4n) is 3.41. The lowest BCUT2D eigenvalue weighted by Crippen LogP contribution is -2.25. The third kappa shape index (κ3) is 3.68. The number of fused-ring (bicyclic) bond motifs is 3. The molecule has 0 bridgehead atoms. The van der Waals surface area contributed by atoms with Crippen LogP contribution in [0.3, 0.4) is 0 Å². The van der Waals surface area contributed by atoms with Gasteiger partial charge in [-0.1, -0.05) is 60.7 Å². The molecule has 0 radical (unpaired) electrons. The number of hydrogen-bond acceptors (Lipinski definition) is 3. The predicted molar refractivity (Wildman–Crippen MR) is 114 cm³/mol. The van der Waals surface area contributed by atoms with Crippen molar-refractivity contribution in [1.29, 1.82) is 0 Å². The van der Waals surface area contributed by atoms with Crippen LogP contribution in [-0.4, -0.2) is 11.2 Å². The number of ether oxygens (including phenoxy) is 1. The molecule has 140 valence electrons. The maximum Gasteiger partial charge on any atom is 0.408 e. The van der Waals surface area contributed by atoms with Crippen molar-refractivity contribution in [3.63, 3.8) is 0 Å². The van der Waals surface area contributed by atoms with Crippen LogP contribution in [0.2, 0.25) is 0 Å². The van der Waals surface area contributed by atoms with Gasteiger partial charge in [-0.3, -0.25) is 0 Å². The zero-order valence-corrected chi connectivity index (χ0v) is 15.8. The van der Waals surface area contributed by atoms with Gasteiger partial charge in [0, 0.05) is 23.4 Å². The van der Waals surface area contributed by atoms with E-state index in [1.165, 1.54) is 0 Å². The summed E-state index contributed by atoms with van der Waals surface area (Å²) in [4.78, 5) is 12.4. The second-order valence-corrected chi connectivity index (χ2v) is 6.94. The van der Waals surface area contributed by atoms with Crippen LogP contribution < -0.4 is 16.4 Å². The molecular weight excluding hydrogens is 370 g/mol. The van der Waals surface area contributed by atoms with Gasteiger partial charge in [0.05, 0.1) is 0 Å². The number of anilines is 1. The number of carbonyl (C=O) groups excluding carboxylic acids is 1. The largest absolute Gasteiger partial charge is 0.436 e. The number of rotatable bonds is 4. The fourth-order valence-corrected chi connectivity index (χ4v) is 3.53. The summed E-state index contributed by atoms with van der Waals surface area (Å²) in [6, 6.07) is 23.5. The van der Waals surface area contributed by atoms with Crippen molar-refractivity contribution < 1.29 is 9.53 Å². The molecular formula is C22H19N3O2S. The minimum absolute atomic E-state index is 0.214.